The molecule has 3 nitrogen and oxygen atoms in total. The summed E-state index contributed by atoms with van der Waals surface area (Å²) in [5.74, 6) is -0.682. The van der Waals surface area contributed by atoms with Crippen molar-refractivity contribution in [2.24, 2.45) is 5.73 Å². The van der Waals surface area contributed by atoms with E-state index in [2.05, 4.69) is 5.32 Å². The maximum absolute atomic E-state index is 12.5. The van der Waals surface area contributed by atoms with Gasteiger partial charge in [0.15, 0.2) is 0 Å². The van der Waals surface area contributed by atoms with Crippen LogP contribution in [0.3, 0.4) is 0 Å². The Morgan fingerprint density at radius 3 is 2.33 bits per heavy atom. The Bertz CT molecular complexity index is 392. The Hall–Kier alpha value is -1.56. The highest BCUT2D eigenvalue weighted by Gasteiger charge is 2.33. The van der Waals surface area contributed by atoms with E-state index in [9.17, 15) is 18.0 Å². The number of rotatable bonds is 5. The van der Waals surface area contributed by atoms with Crippen LogP contribution in [-0.2, 0) is 4.79 Å². The molecule has 100 valence electrons. The third kappa shape index (κ3) is 4.75. The molecule has 18 heavy (non-hydrogen) atoms. The molecule has 2 atom stereocenters. The van der Waals surface area contributed by atoms with E-state index in [4.69, 9.17) is 5.73 Å². The molecular formula is C12H15F3N2O. The normalized spacial score (nSPS) is 15.1. The van der Waals surface area contributed by atoms with Gasteiger partial charge in [-0.1, -0.05) is 30.3 Å². The topological polar surface area (TPSA) is 55.1 Å². The molecule has 0 bridgehead atoms. The number of hydrogen-bond acceptors (Lipinski definition) is 2. The van der Waals surface area contributed by atoms with Crippen molar-refractivity contribution in [1.29, 1.82) is 0 Å². The van der Waals surface area contributed by atoms with Crippen molar-refractivity contribution < 1.29 is 18.0 Å². The Labute approximate surface area is 103 Å². The molecule has 1 aromatic carbocycles. The lowest BCUT2D eigenvalue weighted by atomic mass is 10.0. The molecule has 0 heterocycles. The second kappa shape index (κ2) is 5.86. The van der Waals surface area contributed by atoms with Gasteiger partial charge in [0, 0.05) is 6.04 Å². The second-order valence-electron chi connectivity index (χ2n) is 4.07. The predicted molar refractivity (Wildman–Crippen MR) is 61.6 cm³/mol. The zero-order valence-electron chi connectivity index (χ0n) is 9.87. The van der Waals surface area contributed by atoms with Crippen molar-refractivity contribution in [3.05, 3.63) is 35.9 Å². The number of nitrogens with two attached hydrogens (primary N) is 1. The van der Waals surface area contributed by atoms with Gasteiger partial charge in [0.25, 0.3) is 0 Å². The van der Waals surface area contributed by atoms with E-state index in [1.54, 1.807) is 30.3 Å². The molecule has 0 fully saturated rings. The lowest BCUT2D eigenvalue weighted by Gasteiger charge is -2.23. The summed E-state index contributed by atoms with van der Waals surface area (Å²) in [4.78, 5) is 10.9. The minimum Gasteiger partial charge on any atom is -0.368 e. The van der Waals surface area contributed by atoms with Crippen LogP contribution < -0.4 is 11.1 Å². The summed E-state index contributed by atoms with van der Waals surface area (Å²) in [7, 11) is 0. The summed E-state index contributed by atoms with van der Waals surface area (Å²) in [6, 6.07) is 6.37. The monoisotopic (exact) mass is 260 g/mol. The predicted octanol–water partition coefficient (Wildman–Crippen LogP) is 2.14. The molecule has 0 aromatic heterocycles. The van der Waals surface area contributed by atoms with Gasteiger partial charge in [0.1, 0.15) is 0 Å². The van der Waals surface area contributed by atoms with E-state index >= 15 is 0 Å². The highest BCUT2D eigenvalue weighted by molar-refractivity contribution is 5.79. The first kappa shape index (κ1) is 14.5. The van der Waals surface area contributed by atoms with Gasteiger partial charge in [0.05, 0.1) is 12.5 Å². The quantitative estimate of drug-likeness (QED) is 0.852. The molecular weight excluding hydrogens is 245 g/mol. The van der Waals surface area contributed by atoms with E-state index in [1.165, 1.54) is 6.92 Å². The first-order chi connectivity index (χ1) is 8.29. The SMILES string of the molecule is CC(NC(CC(F)(F)F)c1ccccc1)C(N)=O. The van der Waals surface area contributed by atoms with Crippen LogP contribution >= 0.6 is 0 Å². The summed E-state index contributed by atoms with van der Waals surface area (Å²) in [5, 5.41) is 2.59. The van der Waals surface area contributed by atoms with Crippen LogP contribution in [-0.4, -0.2) is 18.1 Å². The standard InChI is InChI=1S/C12H15F3N2O/c1-8(11(16)18)17-10(7-12(13,14)15)9-5-3-2-4-6-9/h2-6,8,10,17H,7H2,1H3,(H2,16,18). The second-order valence-corrected chi connectivity index (χ2v) is 4.07. The average Bonchev–Trinajstić information content (AvgIpc) is 2.27. The molecule has 0 saturated heterocycles. The van der Waals surface area contributed by atoms with Crippen LogP contribution in [0.25, 0.3) is 0 Å². The number of carbonyl (C=O) groups is 1. The van der Waals surface area contributed by atoms with Crippen LogP contribution in [0.1, 0.15) is 24.9 Å². The van der Waals surface area contributed by atoms with Gasteiger partial charge >= 0.3 is 6.18 Å². The summed E-state index contributed by atoms with van der Waals surface area (Å²) in [5.41, 5.74) is 5.52. The van der Waals surface area contributed by atoms with E-state index < -0.39 is 30.6 Å². The van der Waals surface area contributed by atoms with Crippen LogP contribution in [0.5, 0.6) is 0 Å². The van der Waals surface area contributed by atoms with Gasteiger partial charge in [-0.2, -0.15) is 13.2 Å². The summed E-state index contributed by atoms with van der Waals surface area (Å²) >= 11 is 0. The van der Waals surface area contributed by atoms with Crippen molar-refractivity contribution in [2.75, 3.05) is 0 Å². The van der Waals surface area contributed by atoms with Crippen molar-refractivity contribution in [1.82, 2.24) is 5.32 Å². The van der Waals surface area contributed by atoms with Crippen molar-refractivity contribution >= 4 is 5.91 Å². The van der Waals surface area contributed by atoms with Gasteiger partial charge in [-0.05, 0) is 12.5 Å². The molecule has 6 heteroatoms. The first-order valence-electron chi connectivity index (χ1n) is 5.46. The Balaban J connectivity index is 2.86. The maximum atomic E-state index is 12.5. The fourth-order valence-electron chi connectivity index (χ4n) is 1.57. The smallest absolute Gasteiger partial charge is 0.368 e. The van der Waals surface area contributed by atoms with Crippen molar-refractivity contribution in [3.8, 4) is 0 Å². The summed E-state index contributed by atoms with van der Waals surface area (Å²) in [6.45, 7) is 1.44. The zero-order valence-corrected chi connectivity index (χ0v) is 9.87. The number of hydrogen-bond donors (Lipinski definition) is 2. The third-order valence-electron chi connectivity index (χ3n) is 2.52. The largest absolute Gasteiger partial charge is 0.390 e. The Morgan fingerprint density at radius 1 is 1.33 bits per heavy atom. The molecule has 3 N–H and O–H groups in total. The molecule has 0 aliphatic carbocycles. The molecule has 2 unspecified atom stereocenters. The molecule has 1 amide bonds. The number of primary amides is 1. The molecule has 1 aromatic rings. The van der Waals surface area contributed by atoms with Gasteiger partial charge in [0.2, 0.25) is 5.91 Å². The fourth-order valence-corrected chi connectivity index (χ4v) is 1.57. The number of amides is 1. The van der Waals surface area contributed by atoms with E-state index in [-0.39, 0.29) is 0 Å². The molecule has 0 aliphatic rings. The van der Waals surface area contributed by atoms with E-state index in [0.29, 0.717) is 5.56 Å². The van der Waals surface area contributed by atoms with Crippen molar-refractivity contribution in [3.63, 3.8) is 0 Å². The Morgan fingerprint density at radius 2 is 1.89 bits per heavy atom. The van der Waals surface area contributed by atoms with Crippen molar-refractivity contribution in [2.45, 2.75) is 31.6 Å². The van der Waals surface area contributed by atoms with E-state index in [1.807, 2.05) is 0 Å². The highest BCUT2D eigenvalue weighted by atomic mass is 19.4. The third-order valence-corrected chi connectivity index (χ3v) is 2.52. The highest BCUT2D eigenvalue weighted by Crippen LogP contribution is 2.29. The molecule has 0 saturated carbocycles. The number of alkyl halides is 3. The van der Waals surface area contributed by atoms with Crippen LogP contribution in [0.2, 0.25) is 0 Å². The summed E-state index contributed by atoms with van der Waals surface area (Å²) < 4.78 is 37.5. The van der Waals surface area contributed by atoms with Gasteiger partial charge < -0.3 is 5.73 Å². The minimum atomic E-state index is -4.31. The number of nitrogens with one attached hydrogen (secondary N) is 1. The number of carbonyl (C=O) groups excluding carboxylic acids is 1. The molecule has 1 rings (SSSR count). The summed E-state index contributed by atoms with van der Waals surface area (Å²) in [6.07, 6.45) is -5.36. The lowest BCUT2D eigenvalue weighted by Crippen LogP contribution is -2.42. The van der Waals surface area contributed by atoms with Gasteiger partial charge in [-0.3, -0.25) is 10.1 Å². The van der Waals surface area contributed by atoms with E-state index in [0.717, 1.165) is 0 Å². The fraction of sp³-hybridized carbons (Fsp3) is 0.417. The molecule has 0 spiro atoms. The molecule has 0 aliphatic heterocycles. The minimum absolute atomic E-state index is 0.475. The lowest BCUT2D eigenvalue weighted by molar-refractivity contribution is -0.142. The average molecular weight is 260 g/mol. The first-order valence-corrected chi connectivity index (χ1v) is 5.46. The molecule has 0 radical (unpaired) electrons. The Kier molecular flexibility index (Phi) is 4.72. The zero-order chi connectivity index (χ0) is 13.8. The van der Waals surface area contributed by atoms with Gasteiger partial charge in [-0.15, -0.1) is 0 Å². The van der Waals surface area contributed by atoms with Crippen LogP contribution in [0.4, 0.5) is 13.2 Å². The maximum Gasteiger partial charge on any atom is 0.390 e. The number of benzene rings is 1. The van der Waals surface area contributed by atoms with Crippen LogP contribution in [0.15, 0.2) is 30.3 Å². The number of halogens is 3. The van der Waals surface area contributed by atoms with Gasteiger partial charge in [-0.25, -0.2) is 0 Å². The van der Waals surface area contributed by atoms with Crippen LogP contribution in [0, 0.1) is 0 Å².